The topological polar surface area (TPSA) is 96.0 Å². The molecule has 0 spiro atoms. The highest BCUT2D eigenvalue weighted by Crippen LogP contribution is 2.01. The Balaban J connectivity index is 2.29. The fraction of sp³-hybridized carbons (Fsp3) is 0.250. The summed E-state index contributed by atoms with van der Waals surface area (Å²) < 4.78 is 13.6. The van der Waals surface area contributed by atoms with Gasteiger partial charge in [-0.15, -0.1) is 0 Å². The molecule has 0 atom stereocenters. The maximum Gasteiger partial charge on any atom is 0.351 e. The summed E-state index contributed by atoms with van der Waals surface area (Å²) in [6, 6.07) is 8.73. The van der Waals surface area contributed by atoms with Gasteiger partial charge in [0.25, 0.3) is 0 Å². The summed E-state index contributed by atoms with van der Waals surface area (Å²) in [5, 5.41) is 0. The van der Waals surface area contributed by atoms with Crippen molar-refractivity contribution in [3.8, 4) is 0 Å². The monoisotopic (exact) mass is 320 g/mol. The lowest BCUT2D eigenvalue weighted by molar-refractivity contribution is -0.165. The van der Waals surface area contributed by atoms with Crippen molar-refractivity contribution in [2.45, 2.75) is 13.3 Å². The zero-order valence-corrected chi connectivity index (χ0v) is 12.5. The second-order valence-corrected chi connectivity index (χ2v) is 4.20. The number of esters is 4. The molecular formula is C16H16O7. The maximum absolute atomic E-state index is 11.5. The van der Waals surface area contributed by atoms with Crippen LogP contribution in [0.1, 0.15) is 12.5 Å². The normalized spacial score (nSPS) is 10.1. The Morgan fingerprint density at radius 2 is 1.52 bits per heavy atom. The first-order valence-electron chi connectivity index (χ1n) is 6.80. The van der Waals surface area contributed by atoms with Crippen LogP contribution in [0.2, 0.25) is 0 Å². The summed E-state index contributed by atoms with van der Waals surface area (Å²) in [6.45, 7) is 1.06. The van der Waals surface area contributed by atoms with E-state index in [-0.39, 0.29) is 13.0 Å². The van der Waals surface area contributed by atoms with Gasteiger partial charge in [0.1, 0.15) is 0 Å². The molecule has 1 rings (SSSR count). The lowest BCUT2D eigenvalue weighted by Gasteiger charge is -2.03. The molecule has 0 unspecified atom stereocenters. The minimum Gasteiger partial charge on any atom is -0.463 e. The molecule has 0 bridgehead atoms. The van der Waals surface area contributed by atoms with Gasteiger partial charge in [-0.25, -0.2) is 14.4 Å². The third-order valence-electron chi connectivity index (χ3n) is 2.39. The van der Waals surface area contributed by atoms with Gasteiger partial charge in [-0.05, 0) is 12.5 Å². The highest BCUT2D eigenvalue weighted by Gasteiger charge is 2.13. The Labute approximate surface area is 132 Å². The zero-order chi connectivity index (χ0) is 17.1. The van der Waals surface area contributed by atoms with Crippen molar-refractivity contribution >= 4 is 23.9 Å². The third-order valence-corrected chi connectivity index (χ3v) is 2.39. The molecule has 122 valence electrons. The van der Waals surface area contributed by atoms with Crippen molar-refractivity contribution in [1.82, 2.24) is 0 Å². The van der Waals surface area contributed by atoms with Gasteiger partial charge in [-0.3, -0.25) is 4.79 Å². The smallest absolute Gasteiger partial charge is 0.351 e. The van der Waals surface area contributed by atoms with Crippen molar-refractivity contribution in [3.05, 3.63) is 48.0 Å². The number of hydrogen-bond acceptors (Lipinski definition) is 7. The van der Waals surface area contributed by atoms with Crippen LogP contribution >= 0.6 is 0 Å². The Hall–Kier alpha value is -2.96. The molecule has 0 aliphatic carbocycles. The third kappa shape index (κ3) is 8.15. The zero-order valence-electron chi connectivity index (χ0n) is 12.5. The van der Waals surface area contributed by atoms with E-state index in [2.05, 4.69) is 14.2 Å². The Kier molecular flexibility index (Phi) is 7.77. The van der Waals surface area contributed by atoms with Crippen LogP contribution < -0.4 is 0 Å². The second kappa shape index (κ2) is 9.88. The van der Waals surface area contributed by atoms with Crippen LogP contribution in [0.3, 0.4) is 0 Å². The fourth-order valence-electron chi connectivity index (χ4n) is 1.46. The fourth-order valence-corrected chi connectivity index (χ4v) is 1.46. The predicted molar refractivity (Wildman–Crippen MR) is 78.0 cm³/mol. The van der Waals surface area contributed by atoms with Crippen LogP contribution in [0.15, 0.2) is 42.5 Å². The minimum atomic E-state index is -0.996. The average molecular weight is 320 g/mol. The van der Waals surface area contributed by atoms with E-state index in [0.29, 0.717) is 5.56 Å². The van der Waals surface area contributed by atoms with Gasteiger partial charge in [0.05, 0.1) is 13.0 Å². The summed E-state index contributed by atoms with van der Waals surface area (Å²) >= 11 is 0. The van der Waals surface area contributed by atoms with Crippen LogP contribution in [-0.4, -0.2) is 37.1 Å². The Bertz CT molecular complexity index is 590. The largest absolute Gasteiger partial charge is 0.463 e. The van der Waals surface area contributed by atoms with Gasteiger partial charge in [-0.2, -0.15) is 0 Å². The Morgan fingerprint density at radius 1 is 0.913 bits per heavy atom. The predicted octanol–water partition coefficient (Wildman–Crippen LogP) is 0.961. The van der Waals surface area contributed by atoms with Crippen LogP contribution in [0.25, 0.3) is 0 Å². The van der Waals surface area contributed by atoms with Crippen LogP contribution in [0.4, 0.5) is 0 Å². The first kappa shape index (κ1) is 18.1. The van der Waals surface area contributed by atoms with E-state index in [4.69, 9.17) is 0 Å². The highest BCUT2D eigenvalue weighted by molar-refractivity contribution is 5.93. The number of rotatable bonds is 7. The van der Waals surface area contributed by atoms with Crippen molar-refractivity contribution < 1.29 is 33.4 Å². The van der Waals surface area contributed by atoms with Gasteiger partial charge >= 0.3 is 23.9 Å². The molecule has 0 amide bonds. The molecule has 0 aliphatic heterocycles. The molecule has 0 radical (unpaired) electrons. The number of carbonyl (C=O) groups excluding carboxylic acids is 4. The van der Waals surface area contributed by atoms with Crippen LogP contribution in [0.5, 0.6) is 0 Å². The molecule has 23 heavy (non-hydrogen) atoms. The number of carbonyl (C=O) groups is 4. The van der Waals surface area contributed by atoms with Gasteiger partial charge in [-0.1, -0.05) is 30.3 Å². The molecule has 1 aromatic rings. The van der Waals surface area contributed by atoms with Gasteiger partial charge < -0.3 is 14.2 Å². The molecular weight excluding hydrogens is 304 g/mol. The highest BCUT2D eigenvalue weighted by atomic mass is 16.6. The first-order valence-corrected chi connectivity index (χ1v) is 6.80. The van der Waals surface area contributed by atoms with E-state index in [1.54, 1.807) is 37.3 Å². The summed E-state index contributed by atoms with van der Waals surface area (Å²) in [6.07, 6.45) is 1.62. The van der Waals surface area contributed by atoms with Crippen LogP contribution in [-0.2, 0) is 39.8 Å². The van der Waals surface area contributed by atoms with Crippen molar-refractivity contribution in [2.75, 3.05) is 13.2 Å². The maximum atomic E-state index is 11.5. The van der Waals surface area contributed by atoms with E-state index in [0.717, 1.165) is 12.2 Å². The molecule has 0 aliphatic rings. The molecule has 1 aromatic carbocycles. The summed E-state index contributed by atoms with van der Waals surface area (Å²) in [4.78, 5) is 45.0. The molecule has 0 N–H and O–H groups in total. The van der Waals surface area contributed by atoms with E-state index >= 15 is 0 Å². The molecule has 0 saturated carbocycles. The lowest BCUT2D eigenvalue weighted by atomic mass is 10.2. The summed E-state index contributed by atoms with van der Waals surface area (Å²) in [7, 11) is 0. The molecule has 7 heteroatoms. The Morgan fingerprint density at radius 3 is 2.13 bits per heavy atom. The second-order valence-electron chi connectivity index (χ2n) is 4.20. The average Bonchev–Trinajstić information content (AvgIpc) is 2.52. The molecule has 0 heterocycles. The van der Waals surface area contributed by atoms with Crippen molar-refractivity contribution in [1.29, 1.82) is 0 Å². The van der Waals surface area contributed by atoms with Crippen molar-refractivity contribution in [3.63, 3.8) is 0 Å². The molecule has 0 aromatic heterocycles. The number of ether oxygens (including phenoxy) is 3. The lowest BCUT2D eigenvalue weighted by Crippen LogP contribution is -2.20. The van der Waals surface area contributed by atoms with Gasteiger partial charge in [0.2, 0.25) is 0 Å². The standard InChI is InChI=1S/C16H16O7/c1-2-21-13(17)8-9-14(18)22-11-16(20)23-15(19)10-12-6-4-3-5-7-12/h3-9H,2,10-11H2,1H3/b9-8-. The van der Waals surface area contributed by atoms with E-state index in [1.807, 2.05) is 0 Å². The number of hydrogen-bond donors (Lipinski definition) is 0. The van der Waals surface area contributed by atoms with Crippen molar-refractivity contribution in [2.24, 2.45) is 0 Å². The van der Waals surface area contributed by atoms with E-state index < -0.39 is 30.5 Å². The van der Waals surface area contributed by atoms with E-state index in [9.17, 15) is 19.2 Å². The molecule has 0 fully saturated rings. The quantitative estimate of drug-likeness (QED) is 0.319. The minimum absolute atomic E-state index is 0.0662. The molecule has 0 saturated heterocycles. The first-order chi connectivity index (χ1) is 11.0. The van der Waals surface area contributed by atoms with Gasteiger partial charge in [0, 0.05) is 12.2 Å². The number of benzene rings is 1. The molecule has 7 nitrogen and oxygen atoms in total. The SMILES string of the molecule is CCOC(=O)/C=C\C(=O)OCC(=O)OC(=O)Cc1ccccc1. The van der Waals surface area contributed by atoms with Crippen LogP contribution in [0, 0.1) is 0 Å². The van der Waals surface area contributed by atoms with E-state index in [1.165, 1.54) is 0 Å². The summed E-state index contributed by atoms with van der Waals surface area (Å²) in [5.74, 6) is -3.38. The van der Waals surface area contributed by atoms with Gasteiger partial charge in [0.15, 0.2) is 6.61 Å². The summed E-state index contributed by atoms with van der Waals surface area (Å²) in [5.41, 5.74) is 0.694.